The summed E-state index contributed by atoms with van der Waals surface area (Å²) in [5, 5.41) is 0. The number of rotatable bonds is 3. The standard InChI is InChI=1S/C14H21N3O3S/c1-8-7-11(15)10(3)13(9(8)2)21(19,20)17-6-4-5-12(17)14(16)18/h7,12H,4-6,15H2,1-3H3,(H2,16,18). The van der Waals surface area contributed by atoms with E-state index >= 15 is 0 Å². The zero-order chi connectivity index (χ0) is 15.9. The quantitative estimate of drug-likeness (QED) is 0.806. The van der Waals surface area contributed by atoms with E-state index in [-0.39, 0.29) is 4.90 Å². The molecule has 0 aliphatic carbocycles. The third-order valence-electron chi connectivity index (χ3n) is 4.18. The van der Waals surface area contributed by atoms with Crippen molar-refractivity contribution in [2.24, 2.45) is 5.73 Å². The predicted octanol–water partition coefficient (Wildman–Crippen LogP) is 0.832. The van der Waals surface area contributed by atoms with E-state index in [1.807, 2.05) is 6.92 Å². The van der Waals surface area contributed by atoms with Crippen LogP contribution in [0.25, 0.3) is 0 Å². The van der Waals surface area contributed by atoms with Gasteiger partial charge >= 0.3 is 0 Å². The molecule has 1 saturated heterocycles. The van der Waals surface area contributed by atoms with Gasteiger partial charge in [-0.25, -0.2) is 8.42 Å². The van der Waals surface area contributed by atoms with Gasteiger partial charge in [-0.1, -0.05) is 0 Å². The first-order chi connectivity index (χ1) is 9.67. The van der Waals surface area contributed by atoms with Crippen molar-refractivity contribution in [2.75, 3.05) is 12.3 Å². The highest BCUT2D eigenvalue weighted by Crippen LogP contribution is 2.33. The van der Waals surface area contributed by atoms with Gasteiger partial charge in [-0.15, -0.1) is 0 Å². The molecule has 1 amide bonds. The first-order valence-corrected chi connectivity index (χ1v) is 8.29. The number of carbonyl (C=O) groups is 1. The molecule has 1 aromatic carbocycles. The summed E-state index contributed by atoms with van der Waals surface area (Å²) in [5.74, 6) is -0.605. The number of sulfonamides is 1. The van der Waals surface area contributed by atoms with Crippen LogP contribution < -0.4 is 11.5 Å². The molecule has 0 bridgehead atoms. The molecule has 1 aliphatic heterocycles. The van der Waals surface area contributed by atoms with Crippen LogP contribution in [0.1, 0.15) is 29.5 Å². The van der Waals surface area contributed by atoms with Crippen LogP contribution >= 0.6 is 0 Å². The molecule has 0 radical (unpaired) electrons. The topological polar surface area (TPSA) is 106 Å². The first kappa shape index (κ1) is 15.8. The maximum atomic E-state index is 13.0. The van der Waals surface area contributed by atoms with Crippen LogP contribution in [0.4, 0.5) is 5.69 Å². The maximum Gasteiger partial charge on any atom is 0.244 e. The van der Waals surface area contributed by atoms with Crippen LogP contribution in [0.2, 0.25) is 0 Å². The molecule has 116 valence electrons. The number of carbonyl (C=O) groups excluding carboxylic acids is 1. The maximum absolute atomic E-state index is 13.0. The lowest BCUT2D eigenvalue weighted by atomic mass is 10.1. The van der Waals surface area contributed by atoms with Gasteiger partial charge in [0.25, 0.3) is 0 Å². The lowest BCUT2D eigenvalue weighted by Crippen LogP contribution is -2.44. The van der Waals surface area contributed by atoms with Crippen LogP contribution in [-0.4, -0.2) is 31.2 Å². The second-order valence-electron chi connectivity index (χ2n) is 5.54. The number of nitrogens with two attached hydrogens (primary N) is 2. The highest BCUT2D eigenvalue weighted by molar-refractivity contribution is 7.89. The Balaban J connectivity index is 2.63. The highest BCUT2D eigenvalue weighted by atomic mass is 32.2. The Bertz CT molecular complexity index is 672. The summed E-state index contributed by atoms with van der Waals surface area (Å²) in [6, 6.07) is 0.995. The average Bonchev–Trinajstić information content (AvgIpc) is 2.86. The lowest BCUT2D eigenvalue weighted by Gasteiger charge is -2.25. The number of anilines is 1. The van der Waals surface area contributed by atoms with Gasteiger partial charge in [-0.3, -0.25) is 4.79 Å². The van der Waals surface area contributed by atoms with E-state index in [0.29, 0.717) is 36.2 Å². The van der Waals surface area contributed by atoms with E-state index < -0.39 is 22.0 Å². The molecular formula is C14H21N3O3S. The summed E-state index contributed by atoms with van der Waals surface area (Å²) >= 11 is 0. The molecule has 1 aliphatic rings. The fourth-order valence-corrected chi connectivity index (χ4v) is 5.06. The van der Waals surface area contributed by atoms with Crippen LogP contribution in [0.15, 0.2) is 11.0 Å². The SMILES string of the molecule is Cc1cc(N)c(C)c(S(=O)(=O)N2CCCC2C(N)=O)c1C. The number of aryl methyl sites for hydroxylation is 1. The van der Waals surface area contributed by atoms with E-state index in [2.05, 4.69) is 0 Å². The Kier molecular flexibility index (Phi) is 3.99. The third-order valence-corrected chi connectivity index (χ3v) is 6.36. The van der Waals surface area contributed by atoms with Crippen LogP contribution in [0, 0.1) is 20.8 Å². The van der Waals surface area contributed by atoms with Crippen LogP contribution in [0.5, 0.6) is 0 Å². The van der Waals surface area contributed by atoms with E-state index in [1.54, 1.807) is 19.9 Å². The van der Waals surface area contributed by atoms with Crippen molar-refractivity contribution in [3.05, 3.63) is 22.8 Å². The Morgan fingerprint density at radius 3 is 2.48 bits per heavy atom. The lowest BCUT2D eigenvalue weighted by molar-refractivity contribution is -0.121. The number of amides is 1. The molecular weight excluding hydrogens is 290 g/mol. The van der Waals surface area contributed by atoms with Gasteiger partial charge in [0.15, 0.2) is 0 Å². The summed E-state index contributed by atoms with van der Waals surface area (Å²) < 4.78 is 27.1. The fraction of sp³-hybridized carbons (Fsp3) is 0.500. The predicted molar refractivity (Wildman–Crippen MR) is 81.2 cm³/mol. The number of hydrogen-bond acceptors (Lipinski definition) is 4. The van der Waals surface area contributed by atoms with E-state index in [1.165, 1.54) is 4.31 Å². The molecule has 2 rings (SSSR count). The molecule has 7 heteroatoms. The second-order valence-corrected chi connectivity index (χ2v) is 7.37. The minimum Gasteiger partial charge on any atom is -0.398 e. The molecule has 0 aromatic heterocycles. The van der Waals surface area contributed by atoms with Gasteiger partial charge < -0.3 is 11.5 Å². The normalized spacial score (nSPS) is 19.9. The molecule has 1 unspecified atom stereocenters. The average molecular weight is 311 g/mol. The summed E-state index contributed by atoms with van der Waals surface area (Å²) in [4.78, 5) is 11.7. The van der Waals surface area contributed by atoms with E-state index in [0.717, 1.165) is 5.56 Å². The number of nitrogen functional groups attached to an aromatic ring is 1. The Labute approximate surface area is 125 Å². The van der Waals surface area contributed by atoms with Crippen molar-refractivity contribution >= 4 is 21.6 Å². The van der Waals surface area contributed by atoms with Gasteiger partial charge in [-0.2, -0.15) is 4.31 Å². The van der Waals surface area contributed by atoms with Gasteiger partial charge in [0, 0.05) is 12.2 Å². The fourth-order valence-electron chi connectivity index (χ4n) is 2.86. The second kappa shape index (κ2) is 5.31. The minimum absolute atomic E-state index is 0.202. The smallest absolute Gasteiger partial charge is 0.244 e. The monoisotopic (exact) mass is 311 g/mol. The summed E-state index contributed by atoms with van der Waals surface area (Å²) in [6.07, 6.45) is 1.10. The summed E-state index contributed by atoms with van der Waals surface area (Å²) in [6.45, 7) is 5.57. The van der Waals surface area contributed by atoms with E-state index in [4.69, 9.17) is 11.5 Å². The van der Waals surface area contributed by atoms with Crippen molar-refractivity contribution in [3.8, 4) is 0 Å². The summed E-state index contributed by atoms with van der Waals surface area (Å²) in [5.41, 5.74) is 13.7. The number of nitrogens with zero attached hydrogens (tertiary/aromatic N) is 1. The minimum atomic E-state index is -3.79. The molecule has 21 heavy (non-hydrogen) atoms. The summed E-state index contributed by atoms with van der Waals surface area (Å²) in [7, 11) is -3.79. The van der Waals surface area contributed by atoms with Crippen molar-refractivity contribution in [1.82, 2.24) is 4.31 Å². The van der Waals surface area contributed by atoms with Gasteiger partial charge in [0.2, 0.25) is 15.9 Å². The first-order valence-electron chi connectivity index (χ1n) is 6.85. The van der Waals surface area contributed by atoms with E-state index in [9.17, 15) is 13.2 Å². The Morgan fingerprint density at radius 1 is 1.29 bits per heavy atom. The van der Waals surface area contributed by atoms with Crippen molar-refractivity contribution in [1.29, 1.82) is 0 Å². The highest BCUT2D eigenvalue weighted by Gasteiger charge is 2.40. The van der Waals surface area contributed by atoms with Crippen molar-refractivity contribution < 1.29 is 13.2 Å². The number of hydrogen-bond donors (Lipinski definition) is 2. The number of primary amides is 1. The van der Waals surface area contributed by atoms with Gasteiger partial charge in [-0.05, 0) is 56.4 Å². The molecule has 0 spiro atoms. The van der Waals surface area contributed by atoms with Crippen molar-refractivity contribution in [2.45, 2.75) is 44.6 Å². The molecule has 0 saturated carbocycles. The Hall–Kier alpha value is -1.60. The molecule has 1 atom stereocenters. The molecule has 4 N–H and O–H groups in total. The molecule has 1 aromatic rings. The van der Waals surface area contributed by atoms with Crippen LogP contribution in [0.3, 0.4) is 0 Å². The molecule has 6 nitrogen and oxygen atoms in total. The van der Waals surface area contributed by atoms with Gasteiger partial charge in [0.1, 0.15) is 6.04 Å². The van der Waals surface area contributed by atoms with Crippen molar-refractivity contribution in [3.63, 3.8) is 0 Å². The van der Waals surface area contributed by atoms with Crippen LogP contribution in [-0.2, 0) is 14.8 Å². The Morgan fingerprint density at radius 2 is 1.90 bits per heavy atom. The zero-order valence-electron chi connectivity index (χ0n) is 12.5. The largest absolute Gasteiger partial charge is 0.398 e. The third kappa shape index (κ3) is 2.51. The van der Waals surface area contributed by atoms with Gasteiger partial charge in [0.05, 0.1) is 4.90 Å². The zero-order valence-corrected chi connectivity index (χ0v) is 13.3. The molecule has 1 heterocycles. The molecule has 1 fully saturated rings. The number of benzene rings is 1.